The van der Waals surface area contributed by atoms with Crippen molar-refractivity contribution in [2.75, 3.05) is 5.01 Å². The number of nitriles is 1. The smallest absolute Gasteiger partial charge is 0.311 e. The Labute approximate surface area is 188 Å². The predicted molar refractivity (Wildman–Crippen MR) is 119 cm³/mol. The highest BCUT2D eigenvalue weighted by atomic mass is 16.6. The molecule has 0 radical (unpaired) electrons. The van der Waals surface area contributed by atoms with Gasteiger partial charge < -0.3 is 4.74 Å². The summed E-state index contributed by atoms with van der Waals surface area (Å²) in [5.41, 5.74) is 3.54. The Morgan fingerprint density at radius 1 is 1.03 bits per heavy atom. The molecule has 1 saturated heterocycles. The fourth-order valence-electron chi connectivity index (χ4n) is 3.33. The van der Waals surface area contributed by atoms with E-state index in [9.17, 15) is 25.0 Å². The van der Waals surface area contributed by atoms with Crippen LogP contribution in [0, 0.1) is 21.4 Å². The van der Waals surface area contributed by atoms with Crippen LogP contribution >= 0.6 is 0 Å². The maximum Gasteiger partial charge on any atom is 0.311 e. The van der Waals surface area contributed by atoms with E-state index in [1.807, 2.05) is 6.07 Å². The number of carbonyl (C=O) groups excluding carboxylic acids is 2. The van der Waals surface area contributed by atoms with Gasteiger partial charge in [0.25, 0.3) is 11.8 Å². The van der Waals surface area contributed by atoms with Crippen LogP contribution < -0.4 is 15.2 Å². The molecule has 4 rings (SSSR count). The third kappa shape index (κ3) is 4.26. The number of amides is 2. The molecule has 0 aliphatic carbocycles. The van der Waals surface area contributed by atoms with Crippen molar-refractivity contribution in [1.82, 2.24) is 5.43 Å². The van der Waals surface area contributed by atoms with Gasteiger partial charge in [-0.15, -0.1) is 0 Å². The average molecular weight is 440 g/mol. The maximum absolute atomic E-state index is 12.9. The topological polar surface area (TPSA) is 126 Å². The second kappa shape index (κ2) is 9.03. The lowest BCUT2D eigenvalue weighted by atomic mass is 10.1. The van der Waals surface area contributed by atoms with Crippen molar-refractivity contribution in [3.63, 3.8) is 0 Å². The minimum Gasteiger partial charge on any atom is -0.481 e. The molecule has 9 heteroatoms. The summed E-state index contributed by atoms with van der Waals surface area (Å²) in [4.78, 5) is 36.4. The quantitative estimate of drug-likeness (QED) is 0.271. The van der Waals surface area contributed by atoms with E-state index in [1.165, 1.54) is 24.3 Å². The molecule has 3 aromatic carbocycles. The molecule has 0 saturated carbocycles. The number of nitrogens with zero attached hydrogens (tertiary/aromatic N) is 3. The van der Waals surface area contributed by atoms with E-state index in [2.05, 4.69) is 5.43 Å². The molecule has 0 aromatic heterocycles. The van der Waals surface area contributed by atoms with Gasteiger partial charge >= 0.3 is 5.69 Å². The molecular formula is C24H16N4O5. The van der Waals surface area contributed by atoms with Crippen molar-refractivity contribution >= 4 is 29.3 Å². The van der Waals surface area contributed by atoms with Gasteiger partial charge in [-0.2, -0.15) is 5.26 Å². The van der Waals surface area contributed by atoms with Gasteiger partial charge in [-0.05, 0) is 24.3 Å². The summed E-state index contributed by atoms with van der Waals surface area (Å²) in [6.07, 6.45) is 1.26. The van der Waals surface area contributed by atoms with Gasteiger partial charge in [0.15, 0.2) is 0 Å². The summed E-state index contributed by atoms with van der Waals surface area (Å²) in [7, 11) is 0. The monoisotopic (exact) mass is 440 g/mol. The van der Waals surface area contributed by atoms with Crippen LogP contribution in [0.2, 0.25) is 0 Å². The second-order valence-electron chi connectivity index (χ2n) is 6.99. The largest absolute Gasteiger partial charge is 0.481 e. The van der Waals surface area contributed by atoms with Crippen molar-refractivity contribution in [3.05, 3.63) is 105 Å². The summed E-state index contributed by atoms with van der Waals surface area (Å²) in [6.45, 7) is -0.110. The Bertz CT molecular complexity index is 1330. The Hall–Kier alpha value is -4.97. The van der Waals surface area contributed by atoms with E-state index < -0.39 is 16.7 Å². The first kappa shape index (κ1) is 21.3. The lowest BCUT2D eigenvalue weighted by molar-refractivity contribution is -0.386. The third-order valence-electron chi connectivity index (χ3n) is 4.94. The summed E-state index contributed by atoms with van der Waals surface area (Å²) < 4.78 is 5.76. The Morgan fingerprint density at radius 3 is 2.48 bits per heavy atom. The number of nitrogens with one attached hydrogen (secondary N) is 1. The molecule has 9 nitrogen and oxygen atoms in total. The molecule has 0 bridgehead atoms. The number of rotatable bonds is 6. The van der Waals surface area contributed by atoms with Crippen LogP contribution in [0.15, 0.2) is 78.4 Å². The van der Waals surface area contributed by atoms with Gasteiger partial charge in [-0.3, -0.25) is 25.1 Å². The SMILES string of the molecule is N#Cc1ccccc1COc1c(C=C2C(=O)NN(c3ccccc3)C2=O)cccc1[N+](=O)[O-]. The van der Waals surface area contributed by atoms with Gasteiger partial charge in [0.2, 0.25) is 5.75 Å². The molecule has 33 heavy (non-hydrogen) atoms. The van der Waals surface area contributed by atoms with E-state index in [0.717, 1.165) is 5.01 Å². The molecule has 1 aliphatic heterocycles. The third-order valence-corrected chi connectivity index (χ3v) is 4.94. The first-order valence-corrected chi connectivity index (χ1v) is 9.80. The average Bonchev–Trinajstić information content (AvgIpc) is 3.12. The number of ether oxygens (including phenoxy) is 1. The number of benzene rings is 3. The number of anilines is 1. The number of hydrazine groups is 1. The van der Waals surface area contributed by atoms with Crippen LogP contribution in [0.4, 0.5) is 11.4 Å². The van der Waals surface area contributed by atoms with Gasteiger partial charge in [0.1, 0.15) is 12.2 Å². The molecule has 1 N–H and O–H groups in total. The molecule has 162 valence electrons. The normalized spacial score (nSPS) is 14.2. The Balaban J connectivity index is 1.71. The first-order valence-electron chi connectivity index (χ1n) is 9.80. The van der Waals surface area contributed by atoms with E-state index in [-0.39, 0.29) is 29.2 Å². The summed E-state index contributed by atoms with van der Waals surface area (Å²) in [5.74, 6) is -1.35. The minimum absolute atomic E-state index is 0.110. The zero-order valence-electron chi connectivity index (χ0n) is 17.1. The molecule has 1 fully saturated rings. The number of hydrogen-bond acceptors (Lipinski definition) is 6. The summed E-state index contributed by atoms with van der Waals surface area (Å²) >= 11 is 0. The Morgan fingerprint density at radius 2 is 1.76 bits per heavy atom. The highest BCUT2D eigenvalue weighted by Crippen LogP contribution is 2.34. The zero-order valence-corrected chi connectivity index (χ0v) is 17.1. The predicted octanol–water partition coefficient (Wildman–Crippen LogP) is 3.51. The first-order chi connectivity index (χ1) is 16.0. The lowest BCUT2D eigenvalue weighted by Gasteiger charge is -2.14. The van der Waals surface area contributed by atoms with Gasteiger partial charge in [0, 0.05) is 17.2 Å². The van der Waals surface area contributed by atoms with Crippen molar-refractivity contribution in [2.45, 2.75) is 6.61 Å². The van der Waals surface area contributed by atoms with Crippen LogP contribution in [-0.4, -0.2) is 16.7 Å². The van der Waals surface area contributed by atoms with E-state index in [4.69, 9.17) is 4.74 Å². The van der Waals surface area contributed by atoms with Crippen LogP contribution in [-0.2, 0) is 16.2 Å². The molecular weight excluding hydrogens is 424 g/mol. The number of hydrogen-bond donors (Lipinski definition) is 1. The zero-order chi connectivity index (χ0) is 23.4. The molecule has 0 unspecified atom stereocenters. The van der Waals surface area contributed by atoms with Crippen molar-refractivity contribution < 1.29 is 19.2 Å². The molecule has 1 heterocycles. The Kier molecular flexibility index (Phi) is 5.82. The summed E-state index contributed by atoms with van der Waals surface area (Å²) in [5, 5.41) is 22.0. The molecule has 1 aliphatic rings. The van der Waals surface area contributed by atoms with Crippen LogP contribution in [0.25, 0.3) is 6.08 Å². The molecule has 0 spiro atoms. The number of nitro groups is 1. The van der Waals surface area contributed by atoms with Crippen molar-refractivity contribution in [3.8, 4) is 11.8 Å². The van der Waals surface area contributed by atoms with E-state index in [0.29, 0.717) is 16.8 Å². The molecule has 3 aromatic rings. The minimum atomic E-state index is -0.642. The lowest BCUT2D eigenvalue weighted by Crippen LogP contribution is -2.35. The van der Waals surface area contributed by atoms with Gasteiger partial charge in [-0.1, -0.05) is 48.5 Å². The van der Waals surface area contributed by atoms with Crippen molar-refractivity contribution in [1.29, 1.82) is 5.26 Å². The summed E-state index contributed by atoms with van der Waals surface area (Å²) in [6, 6.07) is 21.5. The van der Waals surface area contributed by atoms with E-state index in [1.54, 1.807) is 54.6 Å². The number of para-hydroxylation sites is 2. The standard InChI is InChI=1S/C24H16N4O5/c25-14-17-7-4-5-8-18(17)15-33-22-16(9-6-12-21(22)28(31)32)13-20-23(29)26-27(24(20)30)19-10-2-1-3-11-19/h1-13H,15H2,(H,26,29). The molecule has 0 atom stereocenters. The number of nitro benzene ring substituents is 1. The maximum atomic E-state index is 12.9. The van der Waals surface area contributed by atoms with Crippen molar-refractivity contribution in [2.24, 2.45) is 0 Å². The second-order valence-corrected chi connectivity index (χ2v) is 6.99. The van der Waals surface area contributed by atoms with E-state index >= 15 is 0 Å². The van der Waals surface area contributed by atoms with Crippen LogP contribution in [0.3, 0.4) is 0 Å². The van der Waals surface area contributed by atoms with Crippen LogP contribution in [0.1, 0.15) is 16.7 Å². The fourth-order valence-corrected chi connectivity index (χ4v) is 3.33. The molecule has 2 amide bonds. The highest BCUT2D eigenvalue weighted by Gasteiger charge is 2.35. The fraction of sp³-hybridized carbons (Fsp3) is 0.0417. The highest BCUT2D eigenvalue weighted by molar-refractivity contribution is 6.31. The van der Waals surface area contributed by atoms with Gasteiger partial charge in [0.05, 0.1) is 22.2 Å². The number of carbonyl (C=O) groups is 2. The van der Waals surface area contributed by atoms with Gasteiger partial charge in [-0.25, -0.2) is 5.01 Å². The van der Waals surface area contributed by atoms with Crippen LogP contribution in [0.5, 0.6) is 5.75 Å².